The van der Waals surface area contributed by atoms with Crippen molar-refractivity contribution in [3.05, 3.63) is 46.8 Å². The second-order valence-corrected chi connectivity index (χ2v) is 6.14. The van der Waals surface area contributed by atoms with E-state index in [9.17, 15) is 4.79 Å². The first-order valence-electron chi connectivity index (χ1n) is 5.54. The van der Waals surface area contributed by atoms with Gasteiger partial charge in [-0.3, -0.25) is 4.79 Å². The summed E-state index contributed by atoms with van der Waals surface area (Å²) in [6, 6.07) is 11.9. The Morgan fingerprint density at radius 3 is 2.83 bits per heavy atom. The van der Waals surface area contributed by atoms with Crippen molar-refractivity contribution in [1.29, 1.82) is 0 Å². The van der Waals surface area contributed by atoms with Gasteiger partial charge in [-0.25, -0.2) is 0 Å². The van der Waals surface area contributed by atoms with E-state index in [0.717, 1.165) is 21.7 Å². The van der Waals surface area contributed by atoms with E-state index in [1.54, 1.807) is 23.1 Å². The molecule has 1 aromatic carbocycles. The minimum atomic E-state index is -0.0182. The van der Waals surface area contributed by atoms with E-state index >= 15 is 0 Å². The molecule has 1 N–H and O–H groups in total. The predicted octanol–water partition coefficient (Wildman–Crippen LogP) is 3.96. The molecular formula is C14H11NOS2. The molecular weight excluding hydrogens is 262 g/mol. The number of thioether (sulfide) groups is 1. The van der Waals surface area contributed by atoms with Gasteiger partial charge in [0.15, 0.2) is 0 Å². The maximum Gasteiger partial charge on any atom is 0.256 e. The molecule has 0 spiro atoms. The second kappa shape index (κ2) is 4.63. The molecule has 90 valence electrons. The number of fused-ring (bicyclic) bond motifs is 1. The summed E-state index contributed by atoms with van der Waals surface area (Å²) in [6.45, 7) is 0. The normalized spacial score (nSPS) is 15.8. The summed E-state index contributed by atoms with van der Waals surface area (Å²) in [6.07, 6.45) is 4.02. The van der Waals surface area contributed by atoms with E-state index in [1.165, 1.54) is 4.21 Å². The average Bonchev–Trinajstić information content (AvgIpc) is 2.96. The van der Waals surface area contributed by atoms with Gasteiger partial charge < -0.3 is 5.32 Å². The quantitative estimate of drug-likeness (QED) is 0.663. The van der Waals surface area contributed by atoms with E-state index in [0.29, 0.717) is 0 Å². The van der Waals surface area contributed by atoms with Crippen LogP contribution < -0.4 is 5.32 Å². The smallest absolute Gasteiger partial charge is 0.256 e. The Hall–Kier alpha value is -1.52. The molecule has 2 aromatic rings. The summed E-state index contributed by atoms with van der Waals surface area (Å²) < 4.78 is 1.26. The second-order valence-electron chi connectivity index (χ2n) is 3.92. The summed E-state index contributed by atoms with van der Waals surface area (Å²) in [5.74, 6) is -0.0182. The molecule has 0 bridgehead atoms. The lowest BCUT2D eigenvalue weighted by Crippen LogP contribution is -2.03. The highest BCUT2D eigenvalue weighted by Gasteiger charge is 2.23. The Balaban J connectivity index is 2.04. The maximum absolute atomic E-state index is 11.9. The van der Waals surface area contributed by atoms with Crippen molar-refractivity contribution in [3.63, 3.8) is 0 Å². The molecule has 1 aromatic heterocycles. The zero-order valence-corrected chi connectivity index (χ0v) is 11.4. The van der Waals surface area contributed by atoms with Gasteiger partial charge in [-0.1, -0.05) is 18.2 Å². The molecule has 4 heteroatoms. The summed E-state index contributed by atoms with van der Waals surface area (Å²) in [4.78, 5) is 13.0. The number of thiophene rings is 1. The van der Waals surface area contributed by atoms with E-state index in [4.69, 9.17) is 0 Å². The summed E-state index contributed by atoms with van der Waals surface area (Å²) in [5.41, 5.74) is 2.64. The lowest BCUT2D eigenvalue weighted by molar-refractivity contribution is -0.110. The monoisotopic (exact) mass is 273 g/mol. The van der Waals surface area contributed by atoms with Crippen molar-refractivity contribution in [3.8, 4) is 0 Å². The van der Waals surface area contributed by atoms with Crippen LogP contribution in [-0.2, 0) is 4.79 Å². The number of para-hydroxylation sites is 1. The van der Waals surface area contributed by atoms with Gasteiger partial charge in [-0.05, 0) is 30.5 Å². The molecule has 0 fully saturated rings. The fourth-order valence-corrected chi connectivity index (χ4v) is 3.45. The maximum atomic E-state index is 11.9. The SMILES string of the molecule is CSc1ccc(C=C2C(=O)Nc3ccccc32)s1. The zero-order chi connectivity index (χ0) is 12.5. The Bertz CT molecular complexity index is 643. The number of benzene rings is 1. The number of rotatable bonds is 2. The van der Waals surface area contributed by atoms with E-state index in [-0.39, 0.29) is 5.91 Å². The van der Waals surface area contributed by atoms with Crippen molar-refractivity contribution in [2.24, 2.45) is 0 Å². The molecule has 2 nitrogen and oxygen atoms in total. The molecule has 1 aliphatic rings. The van der Waals surface area contributed by atoms with Crippen molar-refractivity contribution in [2.75, 3.05) is 11.6 Å². The number of hydrogen-bond acceptors (Lipinski definition) is 3. The molecule has 1 amide bonds. The lowest BCUT2D eigenvalue weighted by Gasteiger charge is -1.95. The number of anilines is 1. The van der Waals surface area contributed by atoms with Crippen LogP contribution in [0.15, 0.2) is 40.6 Å². The summed E-state index contributed by atoms with van der Waals surface area (Å²) in [5, 5.41) is 2.88. The minimum Gasteiger partial charge on any atom is -0.321 e. The van der Waals surface area contributed by atoms with Crippen LogP contribution in [-0.4, -0.2) is 12.2 Å². The molecule has 2 heterocycles. The number of carbonyl (C=O) groups excluding carboxylic acids is 1. The molecule has 0 atom stereocenters. The standard InChI is InChI=1S/C14H11NOS2/c1-17-13-7-6-9(18-13)8-11-10-4-2-3-5-12(10)15-14(11)16/h2-8H,1H3,(H,15,16). The third-order valence-electron chi connectivity index (χ3n) is 2.80. The van der Waals surface area contributed by atoms with Crippen LogP contribution in [0.2, 0.25) is 0 Å². The first-order valence-corrected chi connectivity index (χ1v) is 7.58. The topological polar surface area (TPSA) is 29.1 Å². The highest BCUT2D eigenvalue weighted by molar-refractivity contribution is 8.00. The fourth-order valence-electron chi connectivity index (χ4n) is 1.95. The molecule has 1 aliphatic heterocycles. The van der Waals surface area contributed by atoms with Crippen LogP contribution in [0.5, 0.6) is 0 Å². The van der Waals surface area contributed by atoms with Gasteiger partial charge in [-0.2, -0.15) is 0 Å². The third kappa shape index (κ3) is 1.98. The first kappa shape index (κ1) is 11.6. The highest BCUT2D eigenvalue weighted by Crippen LogP contribution is 2.34. The van der Waals surface area contributed by atoms with Crippen molar-refractivity contribution in [2.45, 2.75) is 4.21 Å². The van der Waals surface area contributed by atoms with Crippen molar-refractivity contribution >= 4 is 46.3 Å². The Morgan fingerprint density at radius 2 is 2.06 bits per heavy atom. The van der Waals surface area contributed by atoms with Gasteiger partial charge in [0.1, 0.15) is 0 Å². The number of carbonyl (C=O) groups is 1. The van der Waals surface area contributed by atoms with Crippen LogP contribution in [0.1, 0.15) is 10.4 Å². The lowest BCUT2D eigenvalue weighted by atomic mass is 10.1. The van der Waals surface area contributed by atoms with Crippen molar-refractivity contribution < 1.29 is 4.79 Å². The van der Waals surface area contributed by atoms with Gasteiger partial charge in [0, 0.05) is 16.1 Å². The zero-order valence-electron chi connectivity index (χ0n) is 9.77. The van der Waals surface area contributed by atoms with Gasteiger partial charge in [0.25, 0.3) is 5.91 Å². The predicted molar refractivity (Wildman–Crippen MR) is 79.0 cm³/mol. The summed E-state index contributed by atoms with van der Waals surface area (Å²) >= 11 is 3.43. The van der Waals surface area contributed by atoms with Gasteiger partial charge in [0.05, 0.1) is 9.78 Å². The number of amides is 1. The molecule has 0 saturated heterocycles. The Morgan fingerprint density at radius 1 is 1.22 bits per heavy atom. The van der Waals surface area contributed by atoms with Crippen LogP contribution in [0, 0.1) is 0 Å². The molecule has 0 saturated carbocycles. The molecule has 3 rings (SSSR count). The van der Waals surface area contributed by atoms with E-state index in [1.807, 2.05) is 30.3 Å². The molecule has 18 heavy (non-hydrogen) atoms. The van der Waals surface area contributed by atoms with Crippen LogP contribution >= 0.6 is 23.1 Å². The number of hydrogen-bond donors (Lipinski definition) is 1. The third-order valence-corrected chi connectivity index (χ3v) is 4.92. The van der Waals surface area contributed by atoms with Gasteiger partial charge >= 0.3 is 0 Å². The van der Waals surface area contributed by atoms with Crippen molar-refractivity contribution in [1.82, 2.24) is 0 Å². The van der Waals surface area contributed by atoms with Gasteiger partial charge in [0.2, 0.25) is 0 Å². The Kier molecular flexibility index (Phi) is 2.97. The molecule has 0 aliphatic carbocycles. The van der Waals surface area contributed by atoms with Gasteiger partial charge in [-0.15, -0.1) is 23.1 Å². The average molecular weight is 273 g/mol. The fraction of sp³-hybridized carbons (Fsp3) is 0.0714. The molecule has 0 unspecified atom stereocenters. The van der Waals surface area contributed by atoms with Crippen LogP contribution in [0.4, 0.5) is 5.69 Å². The number of nitrogens with one attached hydrogen (secondary N) is 1. The highest BCUT2D eigenvalue weighted by atomic mass is 32.2. The Labute approximate surface area is 114 Å². The van der Waals surface area contributed by atoms with E-state index in [2.05, 4.69) is 23.7 Å². The van der Waals surface area contributed by atoms with E-state index < -0.39 is 0 Å². The van der Waals surface area contributed by atoms with Crippen LogP contribution in [0.3, 0.4) is 0 Å². The summed E-state index contributed by atoms with van der Waals surface area (Å²) in [7, 11) is 0. The largest absolute Gasteiger partial charge is 0.321 e. The minimum absolute atomic E-state index is 0.0182. The molecule has 0 radical (unpaired) electrons. The van der Waals surface area contributed by atoms with Crippen LogP contribution in [0.25, 0.3) is 11.6 Å². The first-order chi connectivity index (χ1) is 8.78.